The Hall–Kier alpha value is -1.12. The number of hydrogen-bond acceptors (Lipinski definition) is 2. The summed E-state index contributed by atoms with van der Waals surface area (Å²) in [6.07, 6.45) is 1.06. The average Bonchev–Trinajstić information content (AvgIpc) is 2.79. The zero-order chi connectivity index (χ0) is 10.1. The van der Waals surface area contributed by atoms with E-state index in [9.17, 15) is 0 Å². The molecule has 1 aromatic carbocycles. The smallest absolute Gasteiger partial charge is 0.0453 e. The van der Waals surface area contributed by atoms with E-state index in [1.54, 1.807) is 0 Å². The standard InChI is InChI=1S/C13H10S2/c1-2-4-10(5-3-1)8-11-9-13-12(15-11)6-7-14-13/h1-7,9H,8H2. The molecule has 0 saturated heterocycles. The van der Waals surface area contributed by atoms with E-state index in [0.717, 1.165) is 6.42 Å². The van der Waals surface area contributed by atoms with Crippen molar-refractivity contribution in [3.63, 3.8) is 0 Å². The molecule has 0 aliphatic carbocycles. The van der Waals surface area contributed by atoms with Crippen LogP contribution in [0.5, 0.6) is 0 Å². The van der Waals surface area contributed by atoms with Crippen LogP contribution < -0.4 is 0 Å². The van der Waals surface area contributed by atoms with Crippen LogP contribution in [0.4, 0.5) is 0 Å². The zero-order valence-corrected chi connectivity index (χ0v) is 9.78. The molecule has 0 nitrogen and oxygen atoms in total. The second-order valence-electron chi connectivity index (χ2n) is 3.52. The second-order valence-corrected chi connectivity index (χ2v) is 5.64. The van der Waals surface area contributed by atoms with E-state index in [1.165, 1.54) is 19.8 Å². The molecule has 0 aliphatic rings. The number of fused-ring (bicyclic) bond motifs is 1. The lowest BCUT2D eigenvalue weighted by Gasteiger charge is -1.96. The van der Waals surface area contributed by atoms with Gasteiger partial charge in [-0.3, -0.25) is 0 Å². The highest BCUT2D eigenvalue weighted by Gasteiger charge is 2.03. The summed E-state index contributed by atoms with van der Waals surface area (Å²) >= 11 is 3.74. The fraction of sp³-hybridized carbons (Fsp3) is 0.0769. The van der Waals surface area contributed by atoms with Gasteiger partial charge in [-0.1, -0.05) is 30.3 Å². The first-order valence-electron chi connectivity index (χ1n) is 4.92. The van der Waals surface area contributed by atoms with Crippen LogP contribution in [0.3, 0.4) is 0 Å². The van der Waals surface area contributed by atoms with Crippen LogP contribution in [0.15, 0.2) is 47.8 Å². The highest BCUT2D eigenvalue weighted by molar-refractivity contribution is 7.26. The lowest BCUT2D eigenvalue weighted by atomic mass is 10.1. The van der Waals surface area contributed by atoms with Gasteiger partial charge in [0.1, 0.15) is 0 Å². The van der Waals surface area contributed by atoms with Gasteiger partial charge < -0.3 is 0 Å². The first kappa shape index (κ1) is 9.13. The van der Waals surface area contributed by atoms with Crippen LogP contribution in [0.25, 0.3) is 9.40 Å². The SMILES string of the molecule is c1ccc(Cc2cc3sccc3s2)cc1. The number of rotatable bonds is 2. The first-order chi connectivity index (χ1) is 7.42. The maximum absolute atomic E-state index is 2.32. The number of hydrogen-bond donors (Lipinski definition) is 0. The van der Waals surface area contributed by atoms with E-state index in [0.29, 0.717) is 0 Å². The minimum atomic E-state index is 1.06. The molecule has 15 heavy (non-hydrogen) atoms. The zero-order valence-electron chi connectivity index (χ0n) is 8.14. The Kier molecular flexibility index (Phi) is 2.31. The summed E-state index contributed by atoms with van der Waals surface area (Å²) in [6.45, 7) is 0. The Morgan fingerprint density at radius 2 is 1.80 bits per heavy atom. The van der Waals surface area contributed by atoms with Crippen molar-refractivity contribution in [2.75, 3.05) is 0 Å². The minimum absolute atomic E-state index is 1.06. The van der Waals surface area contributed by atoms with Gasteiger partial charge in [0.2, 0.25) is 0 Å². The van der Waals surface area contributed by atoms with Crippen molar-refractivity contribution < 1.29 is 0 Å². The van der Waals surface area contributed by atoms with Crippen LogP contribution >= 0.6 is 22.7 Å². The van der Waals surface area contributed by atoms with E-state index in [1.807, 2.05) is 22.7 Å². The predicted molar refractivity (Wildman–Crippen MR) is 69.0 cm³/mol. The van der Waals surface area contributed by atoms with Crippen LogP contribution in [-0.2, 0) is 6.42 Å². The van der Waals surface area contributed by atoms with Gasteiger partial charge in [-0.15, -0.1) is 22.7 Å². The molecule has 2 heterocycles. The lowest BCUT2D eigenvalue weighted by molar-refractivity contribution is 1.24. The second kappa shape index (κ2) is 3.80. The third kappa shape index (κ3) is 1.83. The number of benzene rings is 1. The lowest BCUT2D eigenvalue weighted by Crippen LogP contribution is -1.81. The molecule has 0 bridgehead atoms. The molecule has 3 rings (SSSR count). The van der Waals surface area contributed by atoms with Gasteiger partial charge in [-0.25, -0.2) is 0 Å². The van der Waals surface area contributed by atoms with Crippen molar-refractivity contribution in [2.24, 2.45) is 0 Å². The van der Waals surface area contributed by atoms with E-state index < -0.39 is 0 Å². The molecule has 0 unspecified atom stereocenters. The predicted octanol–water partition coefficient (Wildman–Crippen LogP) is 4.55. The van der Waals surface area contributed by atoms with Crippen molar-refractivity contribution in [1.29, 1.82) is 0 Å². The average molecular weight is 230 g/mol. The first-order valence-corrected chi connectivity index (χ1v) is 6.61. The summed E-state index contributed by atoms with van der Waals surface area (Å²) in [6, 6.07) is 15.2. The highest BCUT2D eigenvalue weighted by atomic mass is 32.1. The molecular formula is C13H10S2. The molecule has 0 radical (unpaired) electrons. The Morgan fingerprint density at radius 3 is 2.60 bits per heavy atom. The molecule has 0 amide bonds. The van der Waals surface area contributed by atoms with Gasteiger partial charge in [-0.2, -0.15) is 0 Å². The molecule has 0 atom stereocenters. The Morgan fingerprint density at radius 1 is 0.933 bits per heavy atom. The molecule has 0 aliphatic heterocycles. The molecule has 0 N–H and O–H groups in total. The van der Waals surface area contributed by atoms with Crippen molar-refractivity contribution >= 4 is 32.1 Å². The Labute approximate surface area is 96.8 Å². The van der Waals surface area contributed by atoms with Gasteiger partial charge in [-0.05, 0) is 23.1 Å². The monoisotopic (exact) mass is 230 g/mol. The molecule has 0 spiro atoms. The van der Waals surface area contributed by atoms with Gasteiger partial charge in [0.15, 0.2) is 0 Å². The van der Waals surface area contributed by atoms with Crippen molar-refractivity contribution in [2.45, 2.75) is 6.42 Å². The summed E-state index contributed by atoms with van der Waals surface area (Å²) in [5, 5.41) is 2.16. The molecule has 2 heteroatoms. The minimum Gasteiger partial charge on any atom is -0.143 e. The fourth-order valence-corrected chi connectivity index (χ4v) is 3.87. The molecule has 0 fully saturated rings. The van der Waals surface area contributed by atoms with Crippen LogP contribution in [-0.4, -0.2) is 0 Å². The third-order valence-electron chi connectivity index (χ3n) is 2.41. The van der Waals surface area contributed by atoms with E-state index in [4.69, 9.17) is 0 Å². The van der Waals surface area contributed by atoms with E-state index in [2.05, 4.69) is 47.8 Å². The molecule has 3 aromatic rings. The maximum atomic E-state index is 2.32. The van der Waals surface area contributed by atoms with Gasteiger partial charge in [0, 0.05) is 20.7 Å². The summed E-state index contributed by atoms with van der Waals surface area (Å²) in [5.41, 5.74) is 1.39. The Balaban J connectivity index is 1.93. The summed E-state index contributed by atoms with van der Waals surface area (Å²) in [5.74, 6) is 0. The highest BCUT2D eigenvalue weighted by Crippen LogP contribution is 2.31. The van der Waals surface area contributed by atoms with E-state index >= 15 is 0 Å². The van der Waals surface area contributed by atoms with Crippen molar-refractivity contribution in [1.82, 2.24) is 0 Å². The van der Waals surface area contributed by atoms with Crippen LogP contribution in [0.2, 0.25) is 0 Å². The summed E-state index contributed by atoms with van der Waals surface area (Å²) in [7, 11) is 0. The summed E-state index contributed by atoms with van der Waals surface area (Å²) < 4.78 is 2.84. The molecule has 74 valence electrons. The van der Waals surface area contributed by atoms with E-state index in [-0.39, 0.29) is 0 Å². The van der Waals surface area contributed by atoms with Gasteiger partial charge in [0.25, 0.3) is 0 Å². The molecular weight excluding hydrogens is 220 g/mol. The number of thiophene rings is 2. The third-order valence-corrected chi connectivity index (χ3v) is 4.50. The maximum Gasteiger partial charge on any atom is 0.0453 e. The van der Waals surface area contributed by atoms with Gasteiger partial charge in [0.05, 0.1) is 0 Å². The van der Waals surface area contributed by atoms with Crippen LogP contribution in [0, 0.1) is 0 Å². The Bertz CT molecular complexity index is 532. The normalized spacial score (nSPS) is 10.9. The quantitative estimate of drug-likeness (QED) is 0.605. The van der Waals surface area contributed by atoms with Crippen LogP contribution in [0.1, 0.15) is 10.4 Å². The van der Waals surface area contributed by atoms with Crippen molar-refractivity contribution in [3.8, 4) is 0 Å². The fourth-order valence-electron chi connectivity index (χ4n) is 1.70. The molecule has 2 aromatic heterocycles. The molecule has 0 saturated carbocycles. The van der Waals surface area contributed by atoms with Crippen molar-refractivity contribution in [3.05, 3.63) is 58.3 Å². The summed E-state index contributed by atoms with van der Waals surface area (Å²) in [4.78, 5) is 1.46. The van der Waals surface area contributed by atoms with Gasteiger partial charge >= 0.3 is 0 Å². The largest absolute Gasteiger partial charge is 0.143 e. The topological polar surface area (TPSA) is 0 Å².